The molecule has 0 saturated heterocycles. The molecule has 0 saturated carbocycles. The molecule has 1 atom stereocenters. The molecule has 0 spiro atoms. The smallest absolute Gasteiger partial charge is 0.261 e. The summed E-state index contributed by atoms with van der Waals surface area (Å²) in [6.45, 7) is 4.50. The van der Waals surface area contributed by atoms with E-state index in [0.29, 0.717) is 33.8 Å². The summed E-state index contributed by atoms with van der Waals surface area (Å²) >= 11 is 18.0. The average Bonchev–Trinajstić information content (AvgIpc) is 2.75. The molecular weight excluding hydrogens is 459 g/mol. The van der Waals surface area contributed by atoms with Crippen molar-refractivity contribution >= 4 is 46.6 Å². The molecule has 0 bridgehead atoms. The first kappa shape index (κ1) is 25.3. The van der Waals surface area contributed by atoms with Crippen LogP contribution in [0.3, 0.4) is 0 Å². The maximum Gasteiger partial charge on any atom is 0.261 e. The van der Waals surface area contributed by atoms with Crippen LogP contribution < -0.4 is 10.1 Å². The monoisotopic (exact) mass is 484 g/mol. The minimum Gasteiger partial charge on any atom is -0.484 e. The second-order valence-electron chi connectivity index (χ2n) is 7.08. The number of carbonyl (C=O) groups is 2. The molecule has 0 aliphatic carbocycles. The van der Waals surface area contributed by atoms with Crippen molar-refractivity contribution in [2.45, 2.75) is 45.7 Å². The normalized spacial score (nSPS) is 11.6. The summed E-state index contributed by atoms with van der Waals surface area (Å²) in [5.41, 5.74) is 0.772. The Bertz CT molecular complexity index is 875. The Morgan fingerprint density at radius 3 is 2.35 bits per heavy atom. The summed E-state index contributed by atoms with van der Waals surface area (Å²) in [6, 6.07) is 11.3. The Labute approximate surface area is 198 Å². The van der Waals surface area contributed by atoms with E-state index in [-0.39, 0.29) is 25.0 Å². The Kier molecular flexibility index (Phi) is 10.4. The van der Waals surface area contributed by atoms with Crippen molar-refractivity contribution in [1.82, 2.24) is 10.2 Å². The van der Waals surface area contributed by atoms with E-state index in [9.17, 15) is 9.59 Å². The van der Waals surface area contributed by atoms with Gasteiger partial charge in [0, 0.05) is 18.1 Å². The number of carbonyl (C=O) groups excluding carboxylic acids is 2. The quantitative estimate of drug-likeness (QED) is 0.412. The zero-order valence-corrected chi connectivity index (χ0v) is 19.9. The summed E-state index contributed by atoms with van der Waals surface area (Å²) in [4.78, 5) is 27.4. The number of benzene rings is 2. The number of ether oxygens (including phenoxy) is 1. The summed E-state index contributed by atoms with van der Waals surface area (Å²) < 4.78 is 5.63. The van der Waals surface area contributed by atoms with Gasteiger partial charge >= 0.3 is 0 Å². The van der Waals surface area contributed by atoms with Gasteiger partial charge in [0.05, 0.1) is 10.0 Å². The number of halogens is 3. The Balaban J connectivity index is 2.19. The van der Waals surface area contributed by atoms with Gasteiger partial charge in [-0.05, 0) is 54.8 Å². The van der Waals surface area contributed by atoms with Crippen LogP contribution in [0.1, 0.15) is 38.7 Å². The van der Waals surface area contributed by atoms with Crippen LogP contribution in [0.4, 0.5) is 0 Å². The van der Waals surface area contributed by atoms with E-state index in [4.69, 9.17) is 39.5 Å². The molecule has 0 heterocycles. The first-order valence-electron chi connectivity index (χ1n) is 10.2. The number of unbranched alkanes of at least 4 members (excludes halogenated alkanes) is 1. The third-order valence-electron chi connectivity index (χ3n) is 4.73. The van der Waals surface area contributed by atoms with Crippen molar-refractivity contribution in [3.05, 3.63) is 63.1 Å². The minimum absolute atomic E-state index is 0.184. The number of nitrogens with one attached hydrogen (secondary N) is 1. The zero-order valence-electron chi connectivity index (χ0n) is 17.7. The van der Waals surface area contributed by atoms with Crippen LogP contribution in [0, 0.1) is 0 Å². The molecule has 0 aliphatic rings. The SMILES string of the molecule is CCCCNC(=O)[C@@H](CC)N(Cc1ccc(Cl)c(Cl)c1)C(=O)COc1ccc(Cl)cc1. The van der Waals surface area contributed by atoms with Crippen LogP contribution in [0.2, 0.25) is 15.1 Å². The number of rotatable bonds is 11. The number of hydrogen-bond donors (Lipinski definition) is 1. The van der Waals surface area contributed by atoms with Crippen molar-refractivity contribution in [3.8, 4) is 5.75 Å². The van der Waals surface area contributed by atoms with E-state index in [0.717, 1.165) is 18.4 Å². The summed E-state index contributed by atoms with van der Waals surface area (Å²) in [6.07, 6.45) is 2.31. The lowest BCUT2D eigenvalue weighted by atomic mass is 10.1. The van der Waals surface area contributed by atoms with Gasteiger partial charge in [0.2, 0.25) is 5.91 Å². The summed E-state index contributed by atoms with van der Waals surface area (Å²) in [7, 11) is 0. The molecule has 0 aliphatic heterocycles. The molecule has 2 amide bonds. The van der Waals surface area contributed by atoms with Crippen LogP contribution in [0.25, 0.3) is 0 Å². The largest absolute Gasteiger partial charge is 0.484 e. The van der Waals surface area contributed by atoms with Crippen molar-refractivity contribution in [2.24, 2.45) is 0 Å². The molecule has 8 heteroatoms. The van der Waals surface area contributed by atoms with Crippen LogP contribution in [-0.4, -0.2) is 35.9 Å². The minimum atomic E-state index is -0.632. The lowest BCUT2D eigenvalue weighted by Gasteiger charge is -2.30. The van der Waals surface area contributed by atoms with Gasteiger partial charge in [-0.15, -0.1) is 0 Å². The third-order valence-corrected chi connectivity index (χ3v) is 5.72. The lowest BCUT2D eigenvalue weighted by Crippen LogP contribution is -2.50. The highest BCUT2D eigenvalue weighted by molar-refractivity contribution is 6.42. The second kappa shape index (κ2) is 12.8. The predicted octanol–water partition coefficient (Wildman–Crippen LogP) is 5.75. The fourth-order valence-electron chi connectivity index (χ4n) is 3.02. The first-order chi connectivity index (χ1) is 14.8. The molecule has 5 nitrogen and oxygen atoms in total. The lowest BCUT2D eigenvalue weighted by molar-refractivity contribution is -0.143. The summed E-state index contributed by atoms with van der Waals surface area (Å²) in [5, 5.41) is 4.32. The average molecular weight is 486 g/mol. The molecule has 0 unspecified atom stereocenters. The Morgan fingerprint density at radius 1 is 1.03 bits per heavy atom. The van der Waals surface area contributed by atoms with Gasteiger partial charge in [-0.2, -0.15) is 0 Å². The topological polar surface area (TPSA) is 58.6 Å². The van der Waals surface area contributed by atoms with Crippen molar-refractivity contribution in [3.63, 3.8) is 0 Å². The van der Waals surface area contributed by atoms with E-state index < -0.39 is 6.04 Å². The van der Waals surface area contributed by atoms with Crippen molar-refractivity contribution in [1.29, 1.82) is 0 Å². The molecule has 0 radical (unpaired) electrons. The van der Waals surface area contributed by atoms with E-state index >= 15 is 0 Å². The van der Waals surface area contributed by atoms with Crippen LogP contribution in [0.5, 0.6) is 5.75 Å². The highest BCUT2D eigenvalue weighted by Crippen LogP contribution is 2.24. The maximum atomic E-state index is 13.1. The number of hydrogen-bond acceptors (Lipinski definition) is 3. The maximum absolute atomic E-state index is 13.1. The standard InChI is InChI=1S/C23H27Cl3N2O3/c1-3-5-12-27-23(30)21(4-2)28(14-16-6-11-19(25)20(26)13-16)22(29)15-31-18-9-7-17(24)8-10-18/h6-11,13,21H,3-5,12,14-15H2,1-2H3,(H,27,30)/t21-/m1/s1. The molecular formula is C23H27Cl3N2O3. The fourth-order valence-corrected chi connectivity index (χ4v) is 3.47. The second-order valence-corrected chi connectivity index (χ2v) is 8.33. The van der Waals surface area contributed by atoms with Crippen molar-refractivity contribution in [2.75, 3.05) is 13.2 Å². The van der Waals surface area contributed by atoms with Gasteiger partial charge in [-0.25, -0.2) is 0 Å². The van der Waals surface area contributed by atoms with Gasteiger partial charge in [0.15, 0.2) is 6.61 Å². The van der Waals surface area contributed by atoms with Crippen molar-refractivity contribution < 1.29 is 14.3 Å². The molecule has 2 aromatic rings. The van der Waals surface area contributed by atoms with E-state index in [2.05, 4.69) is 12.2 Å². The van der Waals surface area contributed by atoms with Gasteiger partial charge < -0.3 is 15.0 Å². The molecule has 31 heavy (non-hydrogen) atoms. The van der Waals surface area contributed by atoms with Gasteiger partial charge in [0.1, 0.15) is 11.8 Å². The molecule has 1 N–H and O–H groups in total. The van der Waals surface area contributed by atoms with E-state index in [1.54, 1.807) is 42.5 Å². The Hall–Kier alpha value is -1.95. The highest BCUT2D eigenvalue weighted by atomic mass is 35.5. The van der Waals surface area contributed by atoms with Crippen LogP contribution in [0.15, 0.2) is 42.5 Å². The van der Waals surface area contributed by atoms with Crippen LogP contribution in [-0.2, 0) is 16.1 Å². The van der Waals surface area contributed by atoms with Gasteiger partial charge in [0.25, 0.3) is 5.91 Å². The van der Waals surface area contributed by atoms with Gasteiger partial charge in [-0.1, -0.05) is 61.1 Å². The highest BCUT2D eigenvalue weighted by Gasteiger charge is 2.29. The molecule has 168 valence electrons. The fraction of sp³-hybridized carbons (Fsp3) is 0.391. The first-order valence-corrected chi connectivity index (χ1v) is 11.4. The van der Waals surface area contributed by atoms with E-state index in [1.807, 2.05) is 6.92 Å². The molecule has 2 rings (SSSR count). The molecule has 0 aromatic heterocycles. The van der Waals surface area contributed by atoms with Gasteiger partial charge in [-0.3, -0.25) is 9.59 Å². The van der Waals surface area contributed by atoms with Crippen LogP contribution >= 0.6 is 34.8 Å². The van der Waals surface area contributed by atoms with E-state index in [1.165, 1.54) is 4.90 Å². The summed E-state index contributed by atoms with van der Waals surface area (Å²) in [5.74, 6) is 0.0297. The Morgan fingerprint density at radius 2 is 1.74 bits per heavy atom. The third kappa shape index (κ3) is 7.91. The predicted molar refractivity (Wildman–Crippen MR) is 126 cm³/mol. The molecule has 0 fully saturated rings. The number of nitrogens with zero attached hydrogens (tertiary/aromatic N) is 1. The number of amides is 2. The zero-order chi connectivity index (χ0) is 22.8. The molecule has 2 aromatic carbocycles.